The maximum absolute atomic E-state index is 9.55. The van der Waals surface area contributed by atoms with Crippen molar-refractivity contribution in [1.82, 2.24) is 9.80 Å². The molecule has 0 radical (unpaired) electrons. The van der Waals surface area contributed by atoms with Gasteiger partial charge in [0.1, 0.15) is 11.5 Å². The number of ether oxygens (including phenoxy) is 1. The molecule has 3 heterocycles. The Bertz CT molecular complexity index is 929. The summed E-state index contributed by atoms with van der Waals surface area (Å²) in [5.41, 5.74) is 2.02. The van der Waals surface area contributed by atoms with Gasteiger partial charge in [-0.25, -0.2) is 14.6 Å². The molecule has 9 heteroatoms. The van der Waals surface area contributed by atoms with Crippen molar-refractivity contribution >= 4 is 34.8 Å². The Morgan fingerprint density at radius 2 is 1.72 bits per heavy atom. The molecule has 0 spiro atoms. The summed E-state index contributed by atoms with van der Waals surface area (Å²) in [6.07, 6.45) is 1.12. The number of benzene rings is 1. The molecule has 1 saturated heterocycles. The van der Waals surface area contributed by atoms with Crippen LogP contribution in [-0.4, -0.2) is 71.0 Å². The predicted octanol–water partition coefficient (Wildman–Crippen LogP) is 2.89. The van der Waals surface area contributed by atoms with Crippen molar-refractivity contribution in [1.29, 1.82) is 0 Å². The molecule has 2 aromatic rings. The summed E-state index contributed by atoms with van der Waals surface area (Å²) in [4.78, 5) is 28.7. The third kappa shape index (κ3) is 5.43. The molecule has 0 amide bonds. The fourth-order valence-electron chi connectivity index (χ4n) is 2.85. The van der Waals surface area contributed by atoms with E-state index in [1.54, 1.807) is 11.3 Å². The maximum Gasteiger partial charge on any atom is 0.328 e. The van der Waals surface area contributed by atoms with E-state index in [9.17, 15) is 9.59 Å². The van der Waals surface area contributed by atoms with Crippen LogP contribution in [0.5, 0.6) is 10.8 Å². The highest BCUT2D eigenvalue weighted by molar-refractivity contribution is 7.12. The van der Waals surface area contributed by atoms with Crippen molar-refractivity contribution in [3.8, 4) is 10.8 Å². The zero-order valence-corrected chi connectivity index (χ0v) is 16.6. The van der Waals surface area contributed by atoms with Crippen molar-refractivity contribution < 1.29 is 24.5 Å². The highest BCUT2D eigenvalue weighted by Gasteiger charge is 2.25. The molecule has 152 valence electrons. The number of aliphatic imine (C=N–C) groups is 1. The van der Waals surface area contributed by atoms with Gasteiger partial charge in [-0.1, -0.05) is 12.1 Å². The number of piperazine rings is 1. The smallest absolute Gasteiger partial charge is 0.328 e. The normalized spacial score (nSPS) is 15.9. The third-order valence-corrected chi connectivity index (χ3v) is 5.13. The van der Waals surface area contributed by atoms with Crippen molar-refractivity contribution in [2.45, 2.75) is 0 Å². The van der Waals surface area contributed by atoms with Gasteiger partial charge in [-0.3, -0.25) is 0 Å². The number of likely N-dealkylation sites (N-methyl/N-ethyl adjacent to an activating group) is 1. The highest BCUT2D eigenvalue weighted by atomic mass is 32.1. The molecule has 29 heavy (non-hydrogen) atoms. The molecule has 0 atom stereocenters. The van der Waals surface area contributed by atoms with Crippen LogP contribution in [-0.2, 0) is 9.59 Å². The lowest BCUT2D eigenvalue weighted by Gasteiger charge is -2.34. The van der Waals surface area contributed by atoms with Crippen LogP contribution in [0.1, 0.15) is 5.56 Å². The largest absolute Gasteiger partial charge is 0.478 e. The fourth-order valence-corrected chi connectivity index (χ4v) is 3.60. The molecule has 2 N–H and O–H groups in total. The number of carboxylic acid groups (broad SMARTS) is 2. The van der Waals surface area contributed by atoms with Crippen LogP contribution in [0.15, 0.2) is 52.9 Å². The minimum absolute atomic E-state index is 0.558. The number of para-hydroxylation sites is 2. The molecule has 2 aliphatic heterocycles. The molecular weight excluding hydrogens is 394 g/mol. The lowest BCUT2D eigenvalue weighted by Crippen LogP contribution is -2.47. The molecule has 2 aliphatic rings. The van der Waals surface area contributed by atoms with Crippen LogP contribution in [0.4, 0.5) is 5.69 Å². The monoisotopic (exact) mass is 415 g/mol. The molecular formula is C20H21N3O5S. The minimum Gasteiger partial charge on any atom is -0.478 e. The number of fused-ring (bicyclic) bond motifs is 2. The third-order valence-electron chi connectivity index (χ3n) is 4.34. The van der Waals surface area contributed by atoms with Gasteiger partial charge < -0.3 is 24.7 Å². The van der Waals surface area contributed by atoms with Crippen molar-refractivity contribution in [3.05, 3.63) is 53.4 Å². The number of thiophene rings is 1. The van der Waals surface area contributed by atoms with Crippen LogP contribution >= 0.6 is 11.3 Å². The van der Waals surface area contributed by atoms with E-state index >= 15 is 0 Å². The standard InChI is InChI=1S/C16H17N3OS.C4H4O4/c1-18-7-9-19(10-8-18)15-12-6-11-21-16(12)20-14-5-3-2-4-13(14)17-15;5-3(6)1-2-4(7)8/h2-6,11H,7-10H2,1H3;1-2H,(H,5,6)(H,7,8)/b;2-1+. The van der Waals surface area contributed by atoms with E-state index in [1.165, 1.54) is 0 Å². The number of carboxylic acids is 2. The van der Waals surface area contributed by atoms with Gasteiger partial charge in [0, 0.05) is 38.3 Å². The Kier molecular flexibility index (Phi) is 6.63. The topological polar surface area (TPSA) is 103 Å². The molecule has 1 aromatic carbocycles. The van der Waals surface area contributed by atoms with E-state index < -0.39 is 11.9 Å². The molecule has 8 nitrogen and oxygen atoms in total. The molecule has 1 aromatic heterocycles. The first kappa shape index (κ1) is 20.6. The Labute approximate surface area is 172 Å². The summed E-state index contributed by atoms with van der Waals surface area (Å²) < 4.78 is 6.05. The number of aliphatic carboxylic acids is 2. The van der Waals surface area contributed by atoms with E-state index in [-0.39, 0.29) is 0 Å². The van der Waals surface area contributed by atoms with Crippen LogP contribution in [0.25, 0.3) is 0 Å². The van der Waals surface area contributed by atoms with Gasteiger partial charge in [0.05, 0.1) is 5.56 Å². The van der Waals surface area contributed by atoms with Crippen LogP contribution < -0.4 is 4.74 Å². The van der Waals surface area contributed by atoms with Crippen LogP contribution in [0.3, 0.4) is 0 Å². The summed E-state index contributed by atoms with van der Waals surface area (Å²) in [5, 5.41) is 18.6. The quantitative estimate of drug-likeness (QED) is 0.727. The average molecular weight is 415 g/mol. The van der Waals surface area contributed by atoms with Crippen molar-refractivity contribution in [3.63, 3.8) is 0 Å². The van der Waals surface area contributed by atoms with Crippen molar-refractivity contribution in [2.75, 3.05) is 33.2 Å². The van der Waals surface area contributed by atoms with Gasteiger partial charge in [0.15, 0.2) is 10.8 Å². The van der Waals surface area contributed by atoms with E-state index in [2.05, 4.69) is 28.3 Å². The second-order valence-corrected chi connectivity index (χ2v) is 7.31. The number of carbonyl (C=O) groups is 2. The first-order valence-electron chi connectivity index (χ1n) is 8.95. The second-order valence-electron chi connectivity index (χ2n) is 6.43. The number of amidine groups is 1. The molecule has 0 bridgehead atoms. The van der Waals surface area contributed by atoms with Gasteiger partial charge in [-0.05, 0) is 30.6 Å². The van der Waals surface area contributed by atoms with Gasteiger partial charge in [-0.15, -0.1) is 11.3 Å². The number of rotatable bonds is 2. The lowest BCUT2D eigenvalue weighted by atomic mass is 10.2. The maximum atomic E-state index is 9.55. The highest BCUT2D eigenvalue weighted by Crippen LogP contribution is 2.40. The van der Waals surface area contributed by atoms with E-state index in [1.807, 2.05) is 24.3 Å². The zero-order chi connectivity index (χ0) is 20.8. The Morgan fingerprint density at radius 3 is 2.38 bits per heavy atom. The fraction of sp³-hybridized carbons (Fsp3) is 0.250. The first-order valence-corrected chi connectivity index (χ1v) is 9.83. The van der Waals surface area contributed by atoms with Crippen LogP contribution in [0.2, 0.25) is 0 Å². The Hall–Kier alpha value is -3.17. The minimum atomic E-state index is -1.26. The average Bonchev–Trinajstić information content (AvgIpc) is 3.09. The molecule has 0 unspecified atom stereocenters. The molecule has 0 saturated carbocycles. The summed E-state index contributed by atoms with van der Waals surface area (Å²) >= 11 is 1.63. The summed E-state index contributed by atoms with van der Waals surface area (Å²) in [5.74, 6) is -0.630. The second kappa shape index (κ2) is 9.35. The molecule has 0 aliphatic carbocycles. The van der Waals surface area contributed by atoms with Crippen molar-refractivity contribution in [2.24, 2.45) is 4.99 Å². The summed E-state index contributed by atoms with van der Waals surface area (Å²) in [7, 11) is 2.17. The SMILES string of the molecule is CN1CCN(C2=Nc3ccccc3Oc3sccc32)CC1.O=C(O)/C=C/C(=O)O. The Morgan fingerprint density at radius 1 is 1.07 bits per heavy atom. The predicted molar refractivity (Wildman–Crippen MR) is 111 cm³/mol. The Balaban J connectivity index is 0.000000258. The van der Waals surface area contributed by atoms with E-state index in [4.69, 9.17) is 19.9 Å². The number of hydrogen-bond acceptors (Lipinski definition) is 7. The number of nitrogens with zero attached hydrogens (tertiary/aromatic N) is 3. The van der Waals surface area contributed by atoms with E-state index in [0.29, 0.717) is 12.2 Å². The number of hydrogen-bond donors (Lipinski definition) is 2. The van der Waals surface area contributed by atoms with Gasteiger partial charge in [0.25, 0.3) is 0 Å². The zero-order valence-electron chi connectivity index (χ0n) is 15.8. The van der Waals surface area contributed by atoms with E-state index in [0.717, 1.165) is 54.1 Å². The lowest BCUT2D eigenvalue weighted by molar-refractivity contribution is -0.134. The summed E-state index contributed by atoms with van der Waals surface area (Å²) in [6.45, 7) is 4.15. The summed E-state index contributed by atoms with van der Waals surface area (Å²) in [6, 6.07) is 10.1. The molecule has 4 rings (SSSR count). The van der Waals surface area contributed by atoms with Gasteiger partial charge >= 0.3 is 11.9 Å². The van der Waals surface area contributed by atoms with Gasteiger partial charge in [0.2, 0.25) is 0 Å². The van der Waals surface area contributed by atoms with Crippen LogP contribution in [0, 0.1) is 0 Å². The first-order chi connectivity index (χ1) is 13.9. The molecule has 1 fully saturated rings. The van der Waals surface area contributed by atoms with Gasteiger partial charge in [-0.2, -0.15) is 0 Å².